The van der Waals surface area contributed by atoms with Crippen molar-refractivity contribution >= 4 is 17.6 Å². The molecule has 7 heteroatoms. The third-order valence-electron chi connectivity index (χ3n) is 6.50. The number of methoxy groups -OCH3 is 2. The number of rotatable bonds is 9. The Morgan fingerprint density at radius 2 is 1.65 bits per heavy atom. The summed E-state index contributed by atoms with van der Waals surface area (Å²) in [6, 6.07) is 19.7. The number of carbonyl (C=O) groups is 2. The summed E-state index contributed by atoms with van der Waals surface area (Å²) in [7, 11) is 2.71. The minimum absolute atomic E-state index is 0.0905. The third kappa shape index (κ3) is 6.15. The van der Waals surface area contributed by atoms with Crippen molar-refractivity contribution < 1.29 is 28.5 Å². The summed E-state index contributed by atoms with van der Waals surface area (Å²) in [5, 5.41) is 0. The van der Waals surface area contributed by atoms with Crippen molar-refractivity contribution in [3.8, 4) is 0 Å². The second-order valence-electron chi connectivity index (χ2n) is 9.22. The molecular weight excluding hydrogens is 434 g/mol. The van der Waals surface area contributed by atoms with Crippen LogP contribution in [0.3, 0.4) is 0 Å². The Bertz CT molecular complexity index is 933. The quantitative estimate of drug-likeness (QED) is 0.514. The van der Waals surface area contributed by atoms with E-state index in [9.17, 15) is 9.59 Å². The molecule has 2 unspecified atom stereocenters. The van der Waals surface area contributed by atoms with Gasteiger partial charge in [0, 0.05) is 18.7 Å². The molecule has 1 aliphatic rings. The van der Waals surface area contributed by atoms with E-state index in [4.69, 9.17) is 18.9 Å². The number of benzene rings is 2. The van der Waals surface area contributed by atoms with E-state index in [0.717, 1.165) is 11.3 Å². The SMILES string of the molecule is COC(=O)CCC1(C(=O)OC)COC(C)(C)C(COCc2ccccc2)N(c2ccccc2)C1. The van der Waals surface area contributed by atoms with Gasteiger partial charge in [0.2, 0.25) is 0 Å². The summed E-state index contributed by atoms with van der Waals surface area (Å²) in [4.78, 5) is 27.2. The maximum atomic E-state index is 13.1. The van der Waals surface area contributed by atoms with Gasteiger partial charge >= 0.3 is 11.9 Å². The minimum Gasteiger partial charge on any atom is -0.469 e. The van der Waals surface area contributed by atoms with Crippen LogP contribution in [0.25, 0.3) is 0 Å². The van der Waals surface area contributed by atoms with Gasteiger partial charge in [-0.1, -0.05) is 48.5 Å². The lowest BCUT2D eigenvalue weighted by molar-refractivity contribution is -0.160. The zero-order valence-corrected chi connectivity index (χ0v) is 20.5. The van der Waals surface area contributed by atoms with Crippen LogP contribution in [0, 0.1) is 5.41 Å². The molecule has 1 saturated heterocycles. The van der Waals surface area contributed by atoms with Gasteiger partial charge in [-0.15, -0.1) is 0 Å². The van der Waals surface area contributed by atoms with Gasteiger partial charge in [-0.05, 0) is 38.0 Å². The number of ether oxygens (including phenoxy) is 4. The number of para-hydroxylation sites is 1. The molecule has 1 aliphatic heterocycles. The molecule has 0 radical (unpaired) electrons. The van der Waals surface area contributed by atoms with Gasteiger partial charge in [-0.25, -0.2) is 0 Å². The molecule has 0 bridgehead atoms. The average Bonchev–Trinajstić information content (AvgIpc) is 2.98. The summed E-state index contributed by atoms with van der Waals surface area (Å²) in [6.07, 6.45) is 0.344. The fourth-order valence-electron chi connectivity index (χ4n) is 4.36. The topological polar surface area (TPSA) is 74.3 Å². The highest BCUT2D eigenvalue weighted by molar-refractivity contribution is 5.79. The Hall–Kier alpha value is -2.90. The molecule has 0 amide bonds. The molecule has 7 nitrogen and oxygen atoms in total. The van der Waals surface area contributed by atoms with Crippen molar-refractivity contribution in [3.05, 3.63) is 66.2 Å². The second kappa shape index (κ2) is 11.5. The number of esters is 2. The van der Waals surface area contributed by atoms with E-state index in [1.54, 1.807) is 0 Å². The van der Waals surface area contributed by atoms with Crippen molar-refractivity contribution in [1.29, 1.82) is 0 Å². The Balaban J connectivity index is 1.93. The first-order valence-corrected chi connectivity index (χ1v) is 11.5. The third-order valence-corrected chi connectivity index (χ3v) is 6.50. The van der Waals surface area contributed by atoms with Gasteiger partial charge < -0.3 is 23.8 Å². The van der Waals surface area contributed by atoms with Crippen molar-refractivity contribution in [2.24, 2.45) is 5.41 Å². The maximum absolute atomic E-state index is 13.1. The van der Waals surface area contributed by atoms with E-state index >= 15 is 0 Å². The molecule has 1 fully saturated rings. The van der Waals surface area contributed by atoms with Crippen molar-refractivity contribution in [2.75, 3.05) is 38.9 Å². The van der Waals surface area contributed by atoms with Crippen LogP contribution in [0.4, 0.5) is 5.69 Å². The first-order valence-electron chi connectivity index (χ1n) is 11.5. The molecule has 34 heavy (non-hydrogen) atoms. The fraction of sp³-hybridized carbons (Fsp3) is 0.481. The van der Waals surface area contributed by atoms with E-state index in [1.807, 2.05) is 74.5 Å². The van der Waals surface area contributed by atoms with E-state index in [0.29, 0.717) is 19.8 Å². The molecule has 0 spiro atoms. The van der Waals surface area contributed by atoms with E-state index in [1.165, 1.54) is 14.2 Å². The van der Waals surface area contributed by atoms with Crippen LogP contribution in [0.2, 0.25) is 0 Å². The number of hydrogen-bond donors (Lipinski definition) is 0. The second-order valence-corrected chi connectivity index (χ2v) is 9.22. The van der Waals surface area contributed by atoms with Crippen molar-refractivity contribution in [1.82, 2.24) is 0 Å². The maximum Gasteiger partial charge on any atom is 0.315 e. The molecule has 0 N–H and O–H groups in total. The Morgan fingerprint density at radius 3 is 2.26 bits per heavy atom. The average molecular weight is 470 g/mol. The van der Waals surface area contributed by atoms with E-state index < -0.39 is 17.0 Å². The molecular formula is C27H35NO6. The lowest BCUT2D eigenvalue weighted by atomic mass is 9.83. The van der Waals surface area contributed by atoms with Crippen LogP contribution in [0.15, 0.2) is 60.7 Å². The van der Waals surface area contributed by atoms with Gasteiger partial charge in [0.15, 0.2) is 0 Å². The lowest BCUT2D eigenvalue weighted by Gasteiger charge is -2.41. The number of carbonyl (C=O) groups excluding carboxylic acids is 2. The normalized spacial score (nSPS) is 22.0. The van der Waals surface area contributed by atoms with Gasteiger partial charge in [0.25, 0.3) is 0 Å². The molecule has 0 aromatic heterocycles. The predicted molar refractivity (Wildman–Crippen MR) is 129 cm³/mol. The van der Waals surface area contributed by atoms with Crippen LogP contribution in [-0.2, 0) is 35.1 Å². The molecule has 0 saturated carbocycles. The Labute approximate surface area is 201 Å². The summed E-state index contributed by atoms with van der Waals surface area (Å²) >= 11 is 0. The minimum atomic E-state index is -1.04. The van der Waals surface area contributed by atoms with Gasteiger partial charge in [-0.3, -0.25) is 9.59 Å². The lowest BCUT2D eigenvalue weighted by Crippen LogP contribution is -2.54. The zero-order valence-electron chi connectivity index (χ0n) is 20.5. The molecule has 184 valence electrons. The molecule has 1 heterocycles. The first kappa shape index (κ1) is 25.7. The van der Waals surface area contributed by atoms with Crippen LogP contribution >= 0.6 is 0 Å². The standard InChI is InChI=1S/C27H35NO6/c1-26(2)23(18-33-17-21-11-7-5-8-12-21)28(22-13-9-6-10-14-22)19-27(20-34-26,25(30)32-4)16-15-24(29)31-3/h5-14,23H,15-20H2,1-4H3. The van der Waals surface area contributed by atoms with Gasteiger partial charge in [-0.2, -0.15) is 0 Å². The van der Waals surface area contributed by atoms with E-state index in [-0.39, 0.29) is 31.5 Å². The monoisotopic (exact) mass is 469 g/mol. The van der Waals surface area contributed by atoms with Crippen LogP contribution in [0.1, 0.15) is 32.3 Å². The number of hydrogen-bond acceptors (Lipinski definition) is 7. The van der Waals surface area contributed by atoms with Crippen LogP contribution in [-0.4, -0.2) is 57.6 Å². The fourth-order valence-corrected chi connectivity index (χ4v) is 4.36. The molecule has 3 rings (SSSR count). The van der Waals surface area contributed by atoms with Crippen molar-refractivity contribution in [3.63, 3.8) is 0 Å². The van der Waals surface area contributed by atoms with Crippen LogP contribution in [0.5, 0.6) is 0 Å². The summed E-state index contributed by atoms with van der Waals surface area (Å²) in [6.45, 7) is 5.33. The number of nitrogens with zero attached hydrogens (tertiary/aromatic N) is 1. The molecule has 2 aromatic rings. The van der Waals surface area contributed by atoms with Gasteiger partial charge in [0.1, 0.15) is 5.41 Å². The summed E-state index contributed by atoms with van der Waals surface area (Å²) in [5.41, 5.74) is 0.349. The first-order chi connectivity index (χ1) is 16.3. The number of anilines is 1. The smallest absolute Gasteiger partial charge is 0.315 e. The summed E-state index contributed by atoms with van der Waals surface area (Å²) < 4.78 is 22.6. The summed E-state index contributed by atoms with van der Waals surface area (Å²) in [5.74, 6) is -0.778. The predicted octanol–water partition coefficient (Wildman–Crippen LogP) is 4.00. The highest BCUT2D eigenvalue weighted by atomic mass is 16.5. The van der Waals surface area contributed by atoms with Crippen molar-refractivity contribution in [2.45, 2.75) is 44.9 Å². The van der Waals surface area contributed by atoms with Crippen LogP contribution < -0.4 is 4.90 Å². The molecule has 2 aromatic carbocycles. The van der Waals surface area contributed by atoms with Gasteiger partial charge in [0.05, 0.1) is 45.7 Å². The molecule has 0 aliphatic carbocycles. The largest absolute Gasteiger partial charge is 0.469 e. The van der Waals surface area contributed by atoms with E-state index in [2.05, 4.69) is 4.90 Å². The highest BCUT2D eigenvalue weighted by Crippen LogP contribution is 2.39. The highest BCUT2D eigenvalue weighted by Gasteiger charge is 2.50. The zero-order chi connectivity index (χ0) is 24.6. The Kier molecular flexibility index (Phi) is 8.69. The Morgan fingerprint density at radius 1 is 1.00 bits per heavy atom. The molecule has 2 atom stereocenters.